The number of fused-ring (bicyclic) bond motifs is 1. The normalized spacial score (nSPS) is 12.3. The molecule has 0 unspecified atom stereocenters. The van der Waals surface area contributed by atoms with E-state index in [-0.39, 0.29) is 17.9 Å². The van der Waals surface area contributed by atoms with E-state index in [1.807, 2.05) is 41.3 Å². The number of nitrogens with two attached hydrogens (primary N) is 1. The molecule has 4 rings (SSSR count). The number of hydrogen-bond acceptors (Lipinski definition) is 4. The zero-order valence-electron chi connectivity index (χ0n) is 19.6. The van der Waals surface area contributed by atoms with Crippen molar-refractivity contribution in [2.45, 2.75) is 32.9 Å². The highest BCUT2D eigenvalue weighted by molar-refractivity contribution is 6.29. The summed E-state index contributed by atoms with van der Waals surface area (Å²) in [6.07, 6.45) is 2.22. The maximum Gasteiger partial charge on any atom is 0.256 e. The van der Waals surface area contributed by atoms with Gasteiger partial charge in [0, 0.05) is 19.3 Å². The van der Waals surface area contributed by atoms with E-state index in [0.717, 1.165) is 16.9 Å². The fraction of sp³-hybridized carbons (Fsp3) is 0.296. The number of rotatable bonds is 9. The summed E-state index contributed by atoms with van der Waals surface area (Å²) in [5.41, 5.74) is 9.49. The van der Waals surface area contributed by atoms with Crippen molar-refractivity contribution in [1.29, 1.82) is 0 Å². The van der Waals surface area contributed by atoms with Crippen LogP contribution in [0.5, 0.6) is 0 Å². The van der Waals surface area contributed by atoms with E-state index < -0.39 is 0 Å². The van der Waals surface area contributed by atoms with Gasteiger partial charge in [-0.15, -0.1) is 0 Å². The van der Waals surface area contributed by atoms with Crippen LogP contribution in [-0.2, 0) is 6.54 Å². The highest BCUT2D eigenvalue weighted by atomic mass is 35.5. The largest absolute Gasteiger partial charge is 0.330 e. The van der Waals surface area contributed by atoms with Gasteiger partial charge >= 0.3 is 0 Å². The minimum atomic E-state index is -0.245. The molecule has 0 aliphatic carbocycles. The van der Waals surface area contributed by atoms with Gasteiger partial charge in [-0.25, -0.2) is 9.97 Å². The highest BCUT2D eigenvalue weighted by Gasteiger charge is 2.32. The molecule has 0 spiro atoms. The molecule has 7 heteroatoms. The average molecular weight is 476 g/mol. The lowest BCUT2D eigenvalue weighted by Crippen LogP contribution is -2.40. The standard InChI is InChI=1S/C27H30ClN5O/c1-19(2)25(32(16-8-15-29)27(34)21-13-14-24(28)30-17-21)26-31-22-11-6-7-12-23(22)33(26)18-20-9-4-3-5-10-20/h3-7,9-14,17,19,25H,8,15-16,18,29H2,1-2H3/t25-/m1/s1. The molecule has 2 aromatic heterocycles. The smallest absolute Gasteiger partial charge is 0.256 e. The summed E-state index contributed by atoms with van der Waals surface area (Å²) < 4.78 is 2.23. The summed E-state index contributed by atoms with van der Waals surface area (Å²) >= 11 is 5.97. The fourth-order valence-electron chi connectivity index (χ4n) is 4.35. The molecule has 2 N–H and O–H groups in total. The number of para-hydroxylation sites is 2. The quantitative estimate of drug-likeness (QED) is 0.332. The number of imidazole rings is 1. The summed E-state index contributed by atoms with van der Waals surface area (Å²) in [7, 11) is 0. The van der Waals surface area contributed by atoms with Crippen molar-refractivity contribution in [1.82, 2.24) is 19.4 Å². The van der Waals surface area contributed by atoms with Gasteiger partial charge in [0.25, 0.3) is 5.91 Å². The van der Waals surface area contributed by atoms with Crippen LogP contribution in [0.4, 0.5) is 0 Å². The lowest BCUT2D eigenvalue weighted by Gasteiger charge is -2.34. The Labute approximate surface area is 205 Å². The fourth-order valence-corrected chi connectivity index (χ4v) is 4.46. The molecule has 0 radical (unpaired) electrons. The Morgan fingerprint density at radius 1 is 1.06 bits per heavy atom. The van der Waals surface area contributed by atoms with Crippen LogP contribution in [0, 0.1) is 5.92 Å². The van der Waals surface area contributed by atoms with Crippen molar-refractivity contribution in [2.24, 2.45) is 11.7 Å². The molecule has 1 atom stereocenters. The van der Waals surface area contributed by atoms with Crippen molar-refractivity contribution < 1.29 is 4.79 Å². The molecule has 0 bridgehead atoms. The summed E-state index contributed by atoms with van der Waals surface area (Å²) in [5.74, 6) is 0.885. The number of amides is 1. The van der Waals surface area contributed by atoms with Gasteiger partial charge in [-0.05, 0) is 48.7 Å². The molecule has 0 aliphatic rings. The number of hydrogen-bond donors (Lipinski definition) is 1. The molecule has 0 saturated heterocycles. The third-order valence-electron chi connectivity index (χ3n) is 5.94. The van der Waals surface area contributed by atoms with Gasteiger partial charge in [-0.1, -0.05) is 67.9 Å². The zero-order valence-corrected chi connectivity index (χ0v) is 20.3. The molecule has 0 aliphatic heterocycles. The van der Waals surface area contributed by atoms with Crippen molar-refractivity contribution in [3.8, 4) is 0 Å². The van der Waals surface area contributed by atoms with Gasteiger partial charge in [0.15, 0.2) is 0 Å². The maximum atomic E-state index is 13.7. The Bertz CT molecular complexity index is 1240. The zero-order chi connectivity index (χ0) is 24.1. The first-order valence-corrected chi connectivity index (χ1v) is 12.0. The molecule has 2 aromatic carbocycles. The summed E-state index contributed by atoms with van der Waals surface area (Å²) in [5, 5.41) is 0.357. The van der Waals surface area contributed by atoms with Crippen molar-refractivity contribution in [3.05, 3.63) is 95.0 Å². The Morgan fingerprint density at radius 2 is 1.79 bits per heavy atom. The third-order valence-corrected chi connectivity index (χ3v) is 6.16. The van der Waals surface area contributed by atoms with Gasteiger partial charge in [-0.3, -0.25) is 4.79 Å². The number of pyridine rings is 1. The topological polar surface area (TPSA) is 77.0 Å². The van der Waals surface area contributed by atoms with Gasteiger partial charge in [-0.2, -0.15) is 0 Å². The van der Waals surface area contributed by atoms with E-state index in [1.54, 1.807) is 12.1 Å². The van der Waals surface area contributed by atoms with Gasteiger partial charge < -0.3 is 15.2 Å². The van der Waals surface area contributed by atoms with Gasteiger partial charge in [0.2, 0.25) is 0 Å². The first-order valence-electron chi connectivity index (χ1n) is 11.6. The van der Waals surface area contributed by atoms with Crippen molar-refractivity contribution in [3.63, 3.8) is 0 Å². The van der Waals surface area contributed by atoms with Crippen LogP contribution in [0.3, 0.4) is 0 Å². The summed E-state index contributed by atoms with van der Waals surface area (Å²) in [4.78, 5) is 24.8. The second-order valence-electron chi connectivity index (χ2n) is 8.73. The number of halogens is 1. The lowest BCUT2D eigenvalue weighted by molar-refractivity contribution is 0.0604. The van der Waals surface area contributed by atoms with Crippen LogP contribution in [0.2, 0.25) is 5.15 Å². The number of carbonyl (C=O) groups excluding carboxylic acids is 1. The van der Waals surface area contributed by atoms with Crippen LogP contribution in [0.25, 0.3) is 11.0 Å². The molecule has 34 heavy (non-hydrogen) atoms. The lowest BCUT2D eigenvalue weighted by atomic mass is 9.99. The van der Waals surface area contributed by atoms with Gasteiger partial charge in [0.1, 0.15) is 11.0 Å². The third kappa shape index (κ3) is 5.13. The summed E-state index contributed by atoms with van der Waals surface area (Å²) in [6, 6.07) is 21.6. The Hall–Kier alpha value is -3.22. The first-order chi connectivity index (χ1) is 16.5. The van der Waals surface area contributed by atoms with Crippen LogP contribution in [0.15, 0.2) is 72.9 Å². The first kappa shape index (κ1) is 23.9. The second kappa shape index (κ2) is 10.8. The van der Waals surface area contributed by atoms with Crippen LogP contribution in [0.1, 0.15) is 48.1 Å². The maximum absolute atomic E-state index is 13.7. The Balaban J connectivity index is 1.83. The van der Waals surface area contributed by atoms with Crippen molar-refractivity contribution in [2.75, 3.05) is 13.1 Å². The molecular formula is C27H30ClN5O. The van der Waals surface area contributed by atoms with E-state index in [2.05, 4.69) is 41.6 Å². The SMILES string of the molecule is CC(C)[C@H](c1nc2ccccc2n1Cc1ccccc1)N(CCCN)C(=O)c1ccc(Cl)nc1. The van der Waals surface area contributed by atoms with E-state index in [9.17, 15) is 4.79 Å². The predicted molar refractivity (Wildman–Crippen MR) is 137 cm³/mol. The number of benzene rings is 2. The molecule has 6 nitrogen and oxygen atoms in total. The molecule has 0 saturated carbocycles. The van der Waals surface area contributed by atoms with Gasteiger partial charge in [0.05, 0.1) is 22.6 Å². The van der Waals surface area contributed by atoms with Crippen LogP contribution < -0.4 is 5.73 Å². The summed E-state index contributed by atoms with van der Waals surface area (Å²) in [6.45, 7) is 5.93. The van der Waals surface area contributed by atoms with Crippen LogP contribution in [-0.4, -0.2) is 38.4 Å². The number of aromatic nitrogens is 3. The molecule has 4 aromatic rings. The Kier molecular flexibility index (Phi) is 7.60. The highest BCUT2D eigenvalue weighted by Crippen LogP contribution is 2.33. The second-order valence-corrected chi connectivity index (χ2v) is 9.12. The predicted octanol–water partition coefficient (Wildman–Crippen LogP) is 5.32. The molecule has 2 heterocycles. The Morgan fingerprint density at radius 3 is 2.47 bits per heavy atom. The van der Waals surface area contributed by atoms with Crippen LogP contribution >= 0.6 is 11.6 Å². The minimum Gasteiger partial charge on any atom is -0.330 e. The van der Waals surface area contributed by atoms with E-state index in [4.69, 9.17) is 22.3 Å². The van der Waals surface area contributed by atoms with E-state index in [0.29, 0.717) is 36.8 Å². The van der Waals surface area contributed by atoms with E-state index >= 15 is 0 Å². The monoisotopic (exact) mass is 475 g/mol. The van der Waals surface area contributed by atoms with Crippen molar-refractivity contribution >= 4 is 28.5 Å². The molecule has 0 fully saturated rings. The molecule has 176 valence electrons. The molecular weight excluding hydrogens is 446 g/mol. The number of carbonyl (C=O) groups is 1. The minimum absolute atomic E-state index is 0.102. The van der Waals surface area contributed by atoms with E-state index in [1.165, 1.54) is 11.8 Å². The molecule has 1 amide bonds. The number of nitrogens with zero attached hydrogens (tertiary/aromatic N) is 4. The average Bonchev–Trinajstić information content (AvgIpc) is 3.19.